The molecule has 0 aliphatic heterocycles. The predicted molar refractivity (Wildman–Crippen MR) is 270 cm³/mol. The summed E-state index contributed by atoms with van der Waals surface area (Å²) in [5.41, 5.74) is 0. The van der Waals surface area contributed by atoms with Gasteiger partial charge in [0, 0.05) is 0 Å². The van der Waals surface area contributed by atoms with E-state index in [1.54, 1.807) is 0 Å². The molecule has 0 nitrogen and oxygen atoms in total. The van der Waals surface area contributed by atoms with Gasteiger partial charge >= 0.3 is 375 Å². The monoisotopic (exact) mass is 1140 g/mol. The summed E-state index contributed by atoms with van der Waals surface area (Å²) >= 11 is 0.429. The topological polar surface area (TPSA) is 0 Å². The van der Waals surface area contributed by atoms with Crippen molar-refractivity contribution in [2.45, 2.75) is 0 Å². The molecule has 0 fully saturated rings. The smallest absolute Gasteiger partial charge is 1.00 e. The first-order valence-electron chi connectivity index (χ1n) is 19.3. The fraction of sp³-hybridized carbons (Fsp3) is 0. The van der Waals surface area contributed by atoms with Gasteiger partial charge in [0.2, 0.25) is 0 Å². The van der Waals surface area contributed by atoms with E-state index in [0.717, 1.165) is 0 Å². The van der Waals surface area contributed by atoms with E-state index in [2.05, 4.69) is 285 Å². The van der Waals surface area contributed by atoms with Crippen molar-refractivity contribution in [1.82, 2.24) is 0 Å². The Bertz CT molecular complexity index is 1860. The molecular weight excluding hydrogens is 1090 g/mol. The summed E-state index contributed by atoms with van der Waals surface area (Å²) in [5, 5.41) is 0. The third kappa shape index (κ3) is 14.5. The first-order chi connectivity index (χ1) is 28.8. The molecular formula is C52H48As4RhS2. The van der Waals surface area contributed by atoms with Crippen LogP contribution in [0.3, 0.4) is 0 Å². The van der Waals surface area contributed by atoms with E-state index >= 15 is 0 Å². The van der Waals surface area contributed by atoms with Crippen LogP contribution in [0.15, 0.2) is 262 Å². The molecule has 0 saturated heterocycles. The molecule has 0 atom stereocenters. The maximum atomic E-state index is 3.67. The van der Waals surface area contributed by atoms with Gasteiger partial charge in [0.15, 0.2) is 0 Å². The third-order valence-corrected chi connectivity index (χ3v) is 32.7. The van der Waals surface area contributed by atoms with Crippen molar-refractivity contribution in [2.24, 2.45) is 0 Å². The van der Waals surface area contributed by atoms with E-state index in [1.165, 1.54) is 34.8 Å². The summed E-state index contributed by atoms with van der Waals surface area (Å²) in [7, 11) is 0. The maximum absolute atomic E-state index is 3.67. The summed E-state index contributed by atoms with van der Waals surface area (Å²) in [5.74, 6) is 0. The van der Waals surface area contributed by atoms with Crippen molar-refractivity contribution < 1.29 is 19.5 Å². The van der Waals surface area contributed by atoms with Crippen LogP contribution in [-0.2, 0) is 42.8 Å². The Morgan fingerprint density at radius 1 is 0.203 bits per heavy atom. The molecule has 0 unspecified atom stereocenters. The number of hydrogen-bond donors (Lipinski definition) is 0. The SMILES string of the molecule is C(=C[AsH](c1ccccc1)c1ccccc1)[AsH](c1ccccc1)c1ccccc1.C(=C[AsH](c1ccccc1)c1ccccc1)[AsH](c1ccccc1)c1ccccc1.[Rh+2].[S-][S-]. The molecule has 0 N–H and O–H groups in total. The average Bonchev–Trinajstić information content (AvgIpc) is 3.32. The molecule has 0 spiro atoms. The van der Waals surface area contributed by atoms with Gasteiger partial charge in [-0.3, -0.25) is 0 Å². The molecule has 5 radical (unpaired) electrons. The average molecular weight is 1140 g/mol. The summed E-state index contributed by atoms with van der Waals surface area (Å²) in [4.78, 5) is 10.4. The fourth-order valence-electron chi connectivity index (χ4n) is 6.71. The normalized spacial score (nSPS) is 10.9. The van der Waals surface area contributed by atoms with Crippen LogP contribution < -0.4 is 34.8 Å². The zero-order valence-corrected chi connectivity index (χ0v) is 44.2. The Hall–Kier alpha value is -3.20. The molecule has 0 aliphatic rings. The first-order valence-corrected chi connectivity index (χ1v) is 33.8. The summed E-state index contributed by atoms with van der Waals surface area (Å²) < 4.78 is 12.0. The minimum atomic E-state index is -1.73. The quantitative estimate of drug-likeness (QED) is 0.0915. The van der Waals surface area contributed by atoms with Gasteiger partial charge in [0.25, 0.3) is 0 Å². The largest absolute Gasteiger partial charge is 2.00 e. The fourth-order valence-corrected chi connectivity index (χ4v) is 30.7. The second kappa shape index (κ2) is 26.9. The molecule has 59 heavy (non-hydrogen) atoms. The van der Waals surface area contributed by atoms with Crippen LogP contribution in [0.4, 0.5) is 0 Å². The van der Waals surface area contributed by atoms with E-state index in [4.69, 9.17) is 0 Å². The molecule has 0 amide bonds. The Balaban J connectivity index is 0.000000212. The molecule has 7 heteroatoms. The van der Waals surface area contributed by atoms with Crippen molar-refractivity contribution in [3.05, 3.63) is 262 Å². The van der Waals surface area contributed by atoms with Crippen molar-refractivity contribution in [1.29, 1.82) is 0 Å². The predicted octanol–water partition coefficient (Wildman–Crippen LogP) is 5.40. The second-order valence-electron chi connectivity index (χ2n) is 13.2. The zero-order valence-electron chi connectivity index (χ0n) is 32.6. The Morgan fingerprint density at radius 2 is 0.305 bits per heavy atom. The van der Waals surface area contributed by atoms with Crippen molar-refractivity contribution in [2.75, 3.05) is 0 Å². The van der Waals surface area contributed by atoms with E-state index in [1.807, 2.05) is 0 Å². The minimum absolute atomic E-state index is 0. The zero-order chi connectivity index (χ0) is 40.0. The summed E-state index contributed by atoms with van der Waals surface area (Å²) in [6.07, 6.45) is 0. The van der Waals surface area contributed by atoms with Gasteiger partial charge in [-0.25, -0.2) is 0 Å². The van der Waals surface area contributed by atoms with Gasteiger partial charge in [-0.1, -0.05) is 0 Å². The van der Waals surface area contributed by atoms with Crippen molar-refractivity contribution >= 4 is 117 Å². The molecule has 297 valence electrons. The van der Waals surface area contributed by atoms with Crippen LogP contribution in [0, 0.1) is 0 Å². The van der Waals surface area contributed by atoms with Gasteiger partial charge in [0.1, 0.15) is 0 Å². The second-order valence-corrected chi connectivity index (χ2v) is 32.7. The Morgan fingerprint density at radius 3 is 0.407 bits per heavy atom. The number of benzene rings is 8. The van der Waals surface area contributed by atoms with Gasteiger partial charge in [-0.2, -0.15) is 0 Å². The molecule has 8 rings (SSSR count). The minimum Gasteiger partial charge on any atom is -1.00 e. The summed E-state index contributed by atoms with van der Waals surface area (Å²) in [6, 6.07) is 88.5. The summed E-state index contributed by atoms with van der Waals surface area (Å²) in [6.45, 7) is 0. The standard InChI is InChI=1S/2C26H24As2.Rh.S2/c2*1-5-13-23(14-6-1)27(24-15-7-2-8-16-24)21-22-28(25-17-9-3-10-18-25)26-19-11-4-12-20-26;;1-2/h2*1-22,27-28H;;/q;;+2;-2. The van der Waals surface area contributed by atoms with Gasteiger partial charge in [0.05, 0.1) is 0 Å². The molecule has 0 bridgehead atoms. The molecule has 0 heterocycles. The molecule has 8 aromatic rings. The van der Waals surface area contributed by atoms with E-state index in [0.29, 0.717) is 0 Å². The van der Waals surface area contributed by atoms with E-state index in [-0.39, 0.29) is 19.5 Å². The molecule has 0 aliphatic carbocycles. The van der Waals surface area contributed by atoms with Crippen LogP contribution in [0.5, 0.6) is 0 Å². The molecule has 8 aromatic carbocycles. The first kappa shape index (κ1) is 46.9. The Labute approximate surface area is 394 Å². The van der Waals surface area contributed by atoms with E-state index < -0.39 is 58.6 Å². The molecule has 0 saturated carbocycles. The van der Waals surface area contributed by atoms with Crippen LogP contribution in [0.1, 0.15) is 0 Å². The van der Waals surface area contributed by atoms with Crippen molar-refractivity contribution in [3.8, 4) is 0 Å². The van der Waals surface area contributed by atoms with Gasteiger partial charge in [-0.05, 0) is 0 Å². The number of hydrogen-bond acceptors (Lipinski definition) is 2. The van der Waals surface area contributed by atoms with Crippen molar-refractivity contribution in [3.63, 3.8) is 0 Å². The van der Waals surface area contributed by atoms with Crippen LogP contribution in [0.2, 0.25) is 0 Å². The Kier molecular flexibility index (Phi) is 21.4. The van der Waals surface area contributed by atoms with Crippen LogP contribution >= 0.6 is 0 Å². The third-order valence-electron chi connectivity index (χ3n) is 9.51. The van der Waals surface area contributed by atoms with Crippen LogP contribution in [0.25, 0.3) is 0 Å². The van der Waals surface area contributed by atoms with Gasteiger partial charge in [-0.15, -0.1) is 0 Å². The maximum Gasteiger partial charge on any atom is 2.00 e. The van der Waals surface area contributed by atoms with E-state index in [9.17, 15) is 0 Å². The molecule has 0 aromatic heterocycles. The van der Waals surface area contributed by atoms with Crippen LogP contribution in [-0.4, -0.2) is 58.6 Å². The number of rotatable bonds is 12. The van der Waals surface area contributed by atoms with Gasteiger partial charge < -0.3 is 23.3 Å².